The van der Waals surface area contributed by atoms with Gasteiger partial charge in [-0.1, -0.05) is 60.1 Å². The second-order valence-electron chi connectivity index (χ2n) is 22.7. The molecule has 0 radical (unpaired) electrons. The summed E-state index contributed by atoms with van der Waals surface area (Å²) in [5.74, 6) is -0.701. The minimum Gasteiger partial charge on any atom is -0.481 e. The fourth-order valence-corrected chi connectivity index (χ4v) is 14.6. The van der Waals surface area contributed by atoms with Gasteiger partial charge in [-0.15, -0.1) is 0 Å². The summed E-state index contributed by atoms with van der Waals surface area (Å²) in [6.07, 6.45) is -12.3. The van der Waals surface area contributed by atoms with Crippen molar-refractivity contribution in [3.05, 3.63) is 11.6 Å². The first-order valence-electron chi connectivity index (χ1n) is 23.2. The summed E-state index contributed by atoms with van der Waals surface area (Å²) in [6.45, 7) is 14.7. The van der Waals surface area contributed by atoms with Gasteiger partial charge in [-0.05, 0) is 103 Å². The predicted octanol–water partition coefficient (Wildman–Crippen LogP) is 0.955. The number of carboxylic acids is 1. The number of carbonyl (C=O) groups is 1. The smallest absolute Gasteiger partial charge is 0.312 e. The Kier molecular flexibility index (Phi) is 12.7. The Hall–Kier alpha value is -1.39. The summed E-state index contributed by atoms with van der Waals surface area (Å²) < 4.78 is 35.4. The van der Waals surface area contributed by atoms with E-state index in [-0.39, 0.29) is 47.2 Å². The standard InChI is InChI=1S/C46H74O17/c1-41(2)14-15-46(40(56)57)22(16-41)21-8-9-27-43(5)12-11-29(42(3,4)26(43)10-13-44(27,6)45(21,7)17-28(46)49)62-38-35(55)33(53)32(52)25(61-38)20-60-39-36(31(51)24(48)19-59-39)63-37-34(54)30(50)23(47)18-58-37/h8,22-39,47-55H,9-20H2,1-7H3,(H,56,57)/t22-,23-,24-,25+,26+,27-,28+,29-,30-,31-,32+,33-,34+,35+,36+,37-,38-,39-,43-,44+,45+,46+/m0/s1. The first-order valence-corrected chi connectivity index (χ1v) is 23.2. The lowest BCUT2D eigenvalue weighted by atomic mass is 9.33. The van der Waals surface area contributed by atoms with Gasteiger partial charge in [0.15, 0.2) is 18.9 Å². The van der Waals surface area contributed by atoms with E-state index in [0.717, 1.165) is 38.5 Å². The maximum Gasteiger partial charge on any atom is 0.312 e. The highest BCUT2D eigenvalue weighted by Gasteiger charge is 2.71. The minimum atomic E-state index is -1.70. The zero-order chi connectivity index (χ0) is 46.0. The van der Waals surface area contributed by atoms with Crippen LogP contribution in [0, 0.1) is 50.2 Å². The number of ether oxygens (including phenoxy) is 6. The monoisotopic (exact) mass is 898 g/mol. The molecule has 4 saturated carbocycles. The highest BCUT2D eigenvalue weighted by Crippen LogP contribution is 2.76. The van der Waals surface area contributed by atoms with E-state index in [1.54, 1.807) is 0 Å². The lowest BCUT2D eigenvalue weighted by Gasteiger charge is -2.71. The maximum absolute atomic E-state index is 13.1. The molecular formula is C46H74O17. The van der Waals surface area contributed by atoms with Crippen LogP contribution in [0.5, 0.6) is 0 Å². The number of hydrogen-bond acceptors (Lipinski definition) is 16. The van der Waals surface area contributed by atoms with Crippen molar-refractivity contribution in [2.24, 2.45) is 50.2 Å². The quantitative estimate of drug-likeness (QED) is 0.120. The van der Waals surface area contributed by atoms with Crippen LogP contribution in [-0.4, -0.2) is 169 Å². The van der Waals surface area contributed by atoms with Crippen LogP contribution in [0.4, 0.5) is 0 Å². The van der Waals surface area contributed by atoms with Crippen LogP contribution in [0.3, 0.4) is 0 Å². The normalized spacial score (nSPS) is 54.1. The van der Waals surface area contributed by atoms with E-state index in [9.17, 15) is 55.9 Å². The molecule has 3 aliphatic heterocycles. The second-order valence-corrected chi connectivity index (χ2v) is 22.7. The molecule has 7 fully saturated rings. The number of carboxylic acid groups (broad SMARTS) is 1. The molecule has 0 bridgehead atoms. The Morgan fingerprint density at radius 3 is 2.03 bits per heavy atom. The van der Waals surface area contributed by atoms with Crippen molar-refractivity contribution in [2.45, 2.75) is 198 Å². The molecule has 17 heteroatoms. The molecule has 0 aromatic heterocycles. The Labute approximate surface area is 369 Å². The third-order valence-corrected chi connectivity index (χ3v) is 18.6. The molecular weight excluding hydrogens is 824 g/mol. The van der Waals surface area contributed by atoms with Gasteiger partial charge in [-0.2, -0.15) is 0 Å². The molecule has 5 aliphatic carbocycles. The fourth-order valence-electron chi connectivity index (χ4n) is 14.6. The molecule has 0 spiro atoms. The van der Waals surface area contributed by atoms with Crippen LogP contribution in [-0.2, 0) is 33.2 Å². The summed E-state index contributed by atoms with van der Waals surface area (Å²) in [5, 5.41) is 108. The number of hydrogen-bond donors (Lipinski definition) is 10. The van der Waals surface area contributed by atoms with Crippen LogP contribution in [0.15, 0.2) is 11.6 Å². The van der Waals surface area contributed by atoms with E-state index in [0.29, 0.717) is 19.3 Å². The molecule has 22 atom stereocenters. The molecule has 0 amide bonds. The number of allylic oxidation sites excluding steroid dienone is 2. The van der Waals surface area contributed by atoms with E-state index in [1.165, 1.54) is 5.57 Å². The van der Waals surface area contributed by atoms with E-state index in [4.69, 9.17) is 28.4 Å². The Morgan fingerprint density at radius 2 is 1.35 bits per heavy atom. The van der Waals surface area contributed by atoms with Crippen molar-refractivity contribution in [3.8, 4) is 0 Å². The summed E-state index contributed by atoms with van der Waals surface area (Å²) in [5.41, 5.74) is -1.18. The van der Waals surface area contributed by atoms with E-state index >= 15 is 0 Å². The first-order chi connectivity index (χ1) is 29.3. The third-order valence-electron chi connectivity index (χ3n) is 18.6. The highest BCUT2D eigenvalue weighted by atomic mass is 16.8. The van der Waals surface area contributed by atoms with Gasteiger partial charge in [0.2, 0.25) is 0 Å². The summed E-state index contributed by atoms with van der Waals surface area (Å²) >= 11 is 0. The van der Waals surface area contributed by atoms with E-state index < -0.39 is 121 Å². The SMILES string of the molecule is CC1(C)CC[C@]2(C(=O)O)[C@H](O)C[C@]3(C)C(=CC[C@H]4[C@@]5(C)CC[C@H](O[C@@H]6O[C@H](CO[C@@H]7OC[C@H](O)[C@H](O)[C@H]7O[C@@H]7OC[C@H](O)[C@H](O)[C@H]7O)[C@@H](O)[C@H](O)[C@H]6O)C(C)(C)[C@H]5CC[C@]43C)[C@@H]2C1. The van der Waals surface area contributed by atoms with Gasteiger partial charge in [0.25, 0.3) is 0 Å². The highest BCUT2D eigenvalue weighted by molar-refractivity contribution is 5.77. The topological polar surface area (TPSA) is 275 Å². The molecule has 63 heavy (non-hydrogen) atoms. The third kappa shape index (κ3) is 7.50. The van der Waals surface area contributed by atoms with Crippen molar-refractivity contribution in [1.82, 2.24) is 0 Å². The Bertz CT molecular complexity index is 1730. The minimum absolute atomic E-state index is 0.0349. The molecule has 17 nitrogen and oxygen atoms in total. The van der Waals surface area contributed by atoms with Gasteiger partial charge < -0.3 is 79.5 Å². The lowest BCUT2D eigenvalue weighted by Crippen LogP contribution is -2.68. The Morgan fingerprint density at radius 1 is 0.698 bits per heavy atom. The molecule has 3 heterocycles. The van der Waals surface area contributed by atoms with Crippen molar-refractivity contribution < 1.29 is 84.3 Å². The lowest BCUT2D eigenvalue weighted by molar-refractivity contribution is -0.357. The zero-order valence-corrected chi connectivity index (χ0v) is 37.8. The predicted molar refractivity (Wildman–Crippen MR) is 220 cm³/mol. The average molecular weight is 899 g/mol. The van der Waals surface area contributed by atoms with Gasteiger partial charge in [0.1, 0.15) is 66.5 Å². The van der Waals surface area contributed by atoms with Crippen molar-refractivity contribution in [1.29, 1.82) is 0 Å². The van der Waals surface area contributed by atoms with Crippen LogP contribution >= 0.6 is 0 Å². The number of rotatable bonds is 8. The molecule has 3 saturated heterocycles. The van der Waals surface area contributed by atoms with E-state index in [2.05, 4.69) is 54.5 Å². The van der Waals surface area contributed by atoms with Crippen LogP contribution < -0.4 is 0 Å². The maximum atomic E-state index is 13.1. The van der Waals surface area contributed by atoms with Crippen LogP contribution in [0.1, 0.15) is 106 Å². The summed E-state index contributed by atoms with van der Waals surface area (Å²) in [6, 6.07) is 0. The Balaban J connectivity index is 0.970. The molecule has 10 N–H and O–H groups in total. The van der Waals surface area contributed by atoms with Crippen molar-refractivity contribution >= 4 is 5.97 Å². The van der Waals surface area contributed by atoms with Crippen molar-refractivity contribution in [2.75, 3.05) is 19.8 Å². The molecule has 0 aromatic carbocycles. The molecule has 0 unspecified atom stereocenters. The number of aliphatic carboxylic acids is 1. The first kappa shape index (κ1) is 48.1. The number of aliphatic hydroxyl groups is 9. The second kappa shape index (κ2) is 16.7. The average Bonchev–Trinajstić information content (AvgIpc) is 3.20. The van der Waals surface area contributed by atoms with Gasteiger partial charge >= 0.3 is 5.97 Å². The van der Waals surface area contributed by atoms with Gasteiger partial charge in [0, 0.05) is 0 Å². The summed E-state index contributed by atoms with van der Waals surface area (Å²) in [4.78, 5) is 13.1. The zero-order valence-electron chi connectivity index (χ0n) is 37.8. The van der Waals surface area contributed by atoms with Gasteiger partial charge in [0.05, 0.1) is 32.0 Å². The number of fused-ring (bicyclic) bond motifs is 7. The molecule has 8 rings (SSSR count). The number of aliphatic hydroxyl groups excluding tert-OH is 9. The molecule has 360 valence electrons. The van der Waals surface area contributed by atoms with E-state index in [1.807, 2.05) is 0 Å². The fraction of sp³-hybridized carbons (Fsp3) is 0.935. The molecule has 0 aromatic rings. The van der Waals surface area contributed by atoms with Crippen LogP contribution in [0.2, 0.25) is 0 Å². The largest absolute Gasteiger partial charge is 0.481 e. The van der Waals surface area contributed by atoms with Crippen molar-refractivity contribution in [3.63, 3.8) is 0 Å². The van der Waals surface area contributed by atoms with Crippen LogP contribution in [0.25, 0.3) is 0 Å². The van der Waals surface area contributed by atoms with Gasteiger partial charge in [-0.25, -0.2) is 0 Å². The van der Waals surface area contributed by atoms with Gasteiger partial charge in [-0.3, -0.25) is 4.79 Å². The summed E-state index contributed by atoms with van der Waals surface area (Å²) in [7, 11) is 0. The molecule has 8 aliphatic rings.